The predicted molar refractivity (Wildman–Crippen MR) is 95.5 cm³/mol. The van der Waals surface area contributed by atoms with Crippen LogP contribution in [0.15, 0.2) is 60.8 Å². The van der Waals surface area contributed by atoms with Gasteiger partial charge in [0.2, 0.25) is 5.95 Å². The van der Waals surface area contributed by atoms with Gasteiger partial charge in [-0.15, -0.1) is 0 Å². The fourth-order valence-electron chi connectivity index (χ4n) is 2.26. The minimum absolute atomic E-state index is 0.231. The summed E-state index contributed by atoms with van der Waals surface area (Å²) in [6, 6.07) is 14.9. The standard InChI is InChI=1S/C18H14ClF3N4/c19-15-7-6-13(10-14(15)18(20,21)22)25-16-8-9-23-17(26-16)24-11-12-4-2-1-3-5-12/h1-10H,11H2,(H2,23,24,25,26). The second-order valence-corrected chi connectivity index (χ2v) is 5.83. The molecule has 4 nitrogen and oxygen atoms in total. The smallest absolute Gasteiger partial charge is 0.350 e. The van der Waals surface area contributed by atoms with Crippen LogP contribution in [0.2, 0.25) is 5.02 Å². The highest BCUT2D eigenvalue weighted by Crippen LogP contribution is 2.36. The molecule has 0 spiro atoms. The van der Waals surface area contributed by atoms with Gasteiger partial charge in [0.25, 0.3) is 0 Å². The molecule has 8 heteroatoms. The van der Waals surface area contributed by atoms with Gasteiger partial charge in [0, 0.05) is 18.4 Å². The monoisotopic (exact) mass is 378 g/mol. The number of hydrogen-bond acceptors (Lipinski definition) is 4. The lowest BCUT2D eigenvalue weighted by Gasteiger charge is -2.12. The summed E-state index contributed by atoms with van der Waals surface area (Å²) >= 11 is 5.63. The lowest BCUT2D eigenvalue weighted by molar-refractivity contribution is -0.137. The van der Waals surface area contributed by atoms with E-state index in [2.05, 4.69) is 20.6 Å². The Kier molecular flexibility index (Phi) is 5.27. The van der Waals surface area contributed by atoms with E-state index in [4.69, 9.17) is 11.6 Å². The molecule has 1 heterocycles. The highest BCUT2D eigenvalue weighted by atomic mass is 35.5. The molecule has 2 N–H and O–H groups in total. The Hall–Kier alpha value is -2.80. The first-order valence-corrected chi connectivity index (χ1v) is 8.04. The van der Waals surface area contributed by atoms with E-state index in [1.807, 2.05) is 30.3 Å². The fourth-order valence-corrected chi connectivity index (χ4v) is 2.48. The van der Waals surface area contributed by atoms with Crippen LogP contribution in [0.1, 0.15) is 11.1 Å². The third-order valence-corrected chi connectivity index (χ3v) is 3.82. The zero-order valence-corrected chi connectivity index (χ0v) is 14.1. The van der Waals surface area contributed by atoms with E-state index < -0.39 is 11.7 Å². The quantitative estimate of drug-likeness (QED) is 0.615. The van der Waals surface area contributed by atoms with Crippen molar-refractivity contribution in [1.82, 2.24) is 9.97 Å². The van der Waals surface area contributed by atoms with E-state index in [0.29, 0.717) is 18.3 Å². The maximum absolute atomic E-state index is 12.9. The van der Waals surface area contributed by atoms with E-state index in [1.54, 1.807) is 6.07 Å². The van der Waals surface area contributed by atoms with Crippen molar-refractivity contribution in [3.63, 3.8) is 0 Å². The van der Waals surface area contributed by atoms with Crippen molar-refractivity contribution >= 4 is 29.1 Å². The number of nitrogens with zero attached hydrogens (tertiary/aromatic N) is 2. The van der Waals surface area contributed by atoms with E-state index in [-0.39, 0.29) is 10.7 Å². The molecule has 0 aliphatic heterocycles. The Morgan fingerprint density at radius 1 is 1.00 bits per heavy atom. The summed E-state index contributed by atoms with van der Waals surface area (Å²) in [6.45, 7) is 0.531. The van der Waals surface area contributed by atoms with Crippen LogP contribution in [0, 0.1) is 0 Å². The molecule has 0 atom stereocenters. The van der Waals surface area contributed by atoms with Crippen molar-refractivity contribution < 1.29 is 13.2 Å². The SMILES string of the molecule is FC(F)(F)c1cc(Nc2ccnc(NCc3ccccc3)n2)ccc1Cl. The van der Waals surface area contributed by atoms with Crippen LogP contribution in [-0.4, -0.2) is 9.97 Å². The van der Waals surface area contributed by atoms with Crippen molar-refractivity contribution in [2.24, 2.45) is 0 Å². The third-order valence-electron chi connectivity index (χ3n) is 3.49. The number of nitrogens with one attached hydrogen (secondary N) is 2. The molecule has 1 aromatic heterocycles. The molecular weight excluding hydrogens is 365 g/mol. The van der Waals surface area contributed by atoms with Gasteiger partial charge in [0.05, 0.1) is 10.6 Å². The van der Waals surface area contributed by atoms with Gasteiger partial charge in [-0.05, 0) is 29.8 Å². The summed E-state index contributed by atoms with van der Waals surface area (Å²) in [6.07, 6.45) is -3.01. The van der Waals surface area contributed by atoms with Crippen LogP contribution < -0.4 is 10.6 Å². The second-order valence-electron chi connectivity index (χ2n) is 5.42. The molecule has 26 heavy (non-hydrogen) atoms. The summed E-state index contributed by atoms with van der Waals surface area (Å²) < 4.78 is 38.8. The summed E-state index contributed by atoms with van der Waals surface area (Å²) in [5.41, 5.74) is 0.386. The van der Waals surface area contributed by atoms with Crippen molar-refractivity contribution in [1.29, 1.82) is 0 Å². The maximum atomic E-state index is 12.9. The lowest BCUT2D eigenvalue weighted by Crippen LogP contribution is -2.07. The van der Waals surface area contributed by atoms with Crippen molar-refractivity contribution in [3.05, 3.63) is 76.9 Å². The number of benzene rings is 2. The van der Waals surface area contributed by atoms with Gasteiger partial charge in [0.15, 0.2) is 0 Å². The molecule has 0 saturated heterocycles. The van der Waals surface area contributed by atoms with Crippen molar-refractivity contribution in [3.8, 4) is 0 Å². The fraction of sp³-hybridized carbons (Fsp3) is 0.111. The molecule has 2 aromatic carbocycles. The first-order chi connectivity index (χ1) is 12.4. The molecule has 0 aliphatic rings. The normalized spacial score (nSPS) is 11.2. The second kappa shape index (κ2) is 7.61. The molecule has 0 fully saturated rings. The van der Waals surface area contributed by atoms with Gasteiger partial charge >= 0.3 is 6.18 Å². The van der Waals surface area contributed by atoms with Crippen LogP contribution >= 0.6 is 11.6 Å². The third kappa shape index (κ3) is 4.64. The minimum Gasteiger partial charge on any atom is -0.350 e. The van der Waals surface area contributed by atoms with Crippen LogP contribution in [-0.2, 0) is 12.7 Å². The van der Waals surface area contributed by atoms with Gasteiger partial charge in [-0.3, -0.25) is 0 Å². The molecule has 3 rings (SSSR count). The van der Waals surface area contributed by atoms with E-state index in [0.717, 1.165) is 11.6 Å². The predicted octanol–water partition coefficient (Wildman–Crippen LogP) is 5.50. The van der Waals surface area contributed by atoms with Crippen LogP contribution in [0.25, 0.3) is 0 Å². The van der Waals surface area contributed by atoms with E-state index in [1.165, 1.54) is 18.3 Å². The highest BCUT2D eigenvalue weighted by Gasteiger charge is 2.33. The number of aromatic nitrogens is 2. The summed E-state index contributed by atoms with van der Waals surface area (Å²) in [4.78, 5) is 8.35. The van der Waals surface area contributed by atoms with E-state index in [9.17, 15) is 13.2 Å². The zero-order valence-electron chi connectivity index (χ0n) is 13.4. The molecule has 0 unspecified atom stereocenters. The molecular formula is C18H14ClF3N4. The van der Waals surface area contributed by atoms with Crippen molar-refractivity contribution in [2.75, 3.05) is 10.6 Å². The first kappa shape index (κ1) is 18.0. The summed E-state index contributed by atoms with van der Waals surface area (Å²) in [5.74, 6) is 0.731. The summed E-state index contributed by atoms with van der Waals surface area (Å²) in [5, 5.41) is 5.55. The zero-order chi connectivity index (χ0) is 18.6. The Balaban J connectivity index is 1.73. The van der Waals surface area contributed by atoms with Gasteiger partial charge in [-0.1, -0.05) is 41.9 Å². The molecule has 3 aromatic rings. The van der Waals surface area contributed by atoms with Gasteiger partial charge < -0.3 is 10.6 Å². The Morgan fingerprint density at radius 2 is 1.77 bits per heavy atom. The molecule has 0 bridgehead atoms. The highest BCUT2D eigenvalue weighted by molar-refractivity contribution is 6.31. The van der Waals surface area contributed by atoms with Crippen LogP contribution in [0.4, 0.5) is 30.6 Å². The average molecular weight is 379 g/mol. The van der Waals surface area contributed by atoms with Gasteiger partial charge in [0.1, 0.15) is 5.82 Å². The number of rotatable bonds is 5. The maximum Gasteiger partial charge on any atom is 0.417 e. The minimum atomic E-state index is -4.52. The Bertz CT molecular complexity index is 885. The molecule has 0 saturated carbocycles. The number of hydrogen-bond donors (Lipinski definition) is 2. The Labute approximate surface area is 153 Å². The summed E-state index contributed by atoms with van der Waals surface area (Å²) in [7, 11) is 0. The largest absolute Gasteiger partial charge is 0.417 e. The van der Waals surface area contributed by atoms with Gasteiger partial charge in [-0.2, -0.15) is 18.2 Å². The first-order valence-electron chi connectivity index (χ1n) is 7.66. The van der Waals surface area contributed by atoms with Crippen LogP contribution in [0.3, 0.4) is 0 Å². The average Bonchev–Trinajstić information content (AvgIpc) is 2.62. The van der Waals surface area contributed by atoms with Gasteiger partial charge in [-0.25, -0.2) is 4.98 Å². The van der Waals surface area contributed by atoms with E-state index >= 15 is 0 Å². The molecule has 0 amide bonds. The number of anilines is 3. The Morgan fingerprint density at radius 3 is 2.50 bits per heavy atom. The number of halogens is 4. The lowest BCUT2D eigenvalue weighted by atomic mass is 10.2. The molecule has 0 radical (unpaired) electrons. The number of alkyl halides is 3. The molecule has 0 aliphatic carbocycles. The van der Waals surface area contributed by atoms with Crippen LogP contribution in [0.5, 0.6) is 0 Å². The van der Waals surface area contributed by atoms with Crippen molar-refractivity contribution in [2.45, 2.75) is 12.7 Å². The molecule has 134 valence electrons. The topological polar surface area (TPSA) is 49.8 Å².